The number of rotatable bonds is 6. The molecule has 0 aliphatic heterocycles. The fourth-order valence-corrected chi connectivity index (χ4v) is 4.05. The fraction of sp³-hybridized carbons (Fsp3) is 0.500. The number of carbonyl (C=O) groups is 1. The Kier molecular flexibility index (Phi) is 5.90. The van der Waals surface area contributed by atoms with Crippen LogP contribution in [0.2, 0.25) is 0 Å². The minimum atomic E-state index is 0.0540. The summed E-state index contributed by atoms with van der Waals surface area (Å²) >= 11 is 0. The van der Waals surface area contributed by atoms with Crippen LogP contribution >= 0.6 is 0 Å². The average molecular weight is 323 g/mol. The van der Waals surface area contributed by atoms with E-state index in [1.54, 1.807) is 0 Å². The number of hydrogen-bond acceptors (Lipinski definition) is 1. The normalized spacial score (nSPS) is 16.9. The standard InChI is InChI=1S/C22H29NO/c1-17(20-15-8-13-19-12-5-6-14-21(19)20)23-22(24)16-7-11-18-9-3-2-4-10-18/h5-6,8,12-15,17-18H,2-4,7,9-11,16H2,1H3,(H,23,24)/t17-/m0/s1. The summed E-state index contributed by atoms with van der Waals surface area (Å²) in [6.45, 7) is 2.08. The molecule has 1 amide bonds. The molecule has 0 aromatic heterocycles. The topological polar surface area (TPSA) is 29.1 Å². The maximum atomic E-state index is 12.3. The second-order valence-electron chi connectivity index (χ2n) is 7.25. The molecular weight excluding hydrogens is 294 g/mol. The lowest BCUT2D eigenvalue weighted by Gasteiger charge is -2.21. The Hall–Kier alpha value is -1.83. The number of carbonyl (C=O) groups excluding carboxylic acids is 1. The van der Waals surface area contributed by atoms with Gasteiger partial charge in [-0.3, -0.25) is 4.79 Å². The summed E-state index contributed by atoms with van der Waals surface area (Å²) in [5.74, 6) is 1.05. The van der Waals surface area contributed by atoms with Crippen LogP contribution in [0, 0.1) is 5.92 Å². The molecule has 24 heavy (non-hydrogen) atoms. The molecule has 0 bridgehead atoms. The molecule has 2 aromatic carbocycles. The lowest BCUT2D eigenvalue weighted by atomic mass is 9.86. The molecular formula is C22H29NO. The maximum Gasteiger partial charge on any atom is 0.220 e. The van der Waals surface area contributed by atoms with Crippen molar-refractivity contribution in [3.63, 3.8) is 0 Å². The predicted molar refractivity (Wildman–Crippen MR) is 101 cm³/mol. The number of hydrogen-bond donors (Lipinski definition) is 1. The third kappa shape index (κ3) is 4.37. The van der Waals surface area contributed by atoms with Gasteiger partial charge >= 0.3 is 0 Å². The fourth-order valence-electron chi connectivity index (χ4n) is 4.05. The number of nitrogens with one attached hydrogen (secondary N) is 1. The van der Waals surface area contributed by atoms with E-state index in [1.807, 2.05) is 0 Å². The Balaban J connectivity index is 1.52. The van der Waals surface area contributed by atoms with E-state index in [4.69, 9.17) is 0 Å². The molecule has 0 radical (unpaired) electrons. The lowest BCUT2D eigenvalue weighted by Crippen LogP contribution is -2.26. The second kappa shape index (κ2) is 8.32. The summed E-state index contributed by atoms with van der Waals surface area (Å²) in [5, 5.41) is 5.65. The molecule has 0 spiro atoms. The highest BCUT2D eigenvalue weighted by molar-refractivity contribution is 5.86. The van der Waals surface area contributed by atoms with E-state index in [1.165, 1.54) is 54.9 Å². The highest BCUT2D eigenvalue weighted by Crippen LogP contribution is 2.28. The predicted octanol–water partition coefficient (Wildman–Crippen LogP) is 5.77. The maximum absolute atomic E-state index is 12.3. The van der Waals surface area contributed by atoms with E-state index < -0.39 is 0 Å². The Morgan fingerprint density at radius 1 is 1.08 bits per heavy atom. The van der Waals surface area contributed by atoms with Crippen molar-refractivity contribution in [3.05, 3.63) is 48.0 Å². The number of amides is 1. The van der Waals surface area contributed by atoms with Crippen LogP contribution in [-0.4, -0.2) is 5.91 Å². The second-order valence-corrected chi connectivity index (χ2v) is 7.25. The van der Waals surface area contributed by atoms with E-state index >= 15 is 0 Å². The summed E-state index contributed by atoms with van der Waals surface area (Å²) in [5.41, 5.74) is 1.20. The first-order valence-corrected chi connectivity index (χ1v) is 9.51. The first kappa shape index (κ1) is 17.0. The minimum Gasteiger partial charge on any atom is -0.350 e. The zero-order valence-electron chi connectivity index (χ0n) is 14.8. The highest BCUT2D eigenvalue weighted by atomic mass is 16.1. The van der Waals surface area contributed by atoms with Crippen molar-refractivity contribution in [2.24, 2.45) is 5.92 Å². The van der Waals surface area contributed by atoms with Gasteiger partial charge < -0.3 is 5.32 Å². The molecule has 1 saturated carbocycles. The van der Waals surface area contributed by atoms with Gasteiger partial charge in [-0.2, -0.15) is 0 Å². The lowest BCUT2D eigenvalue weighted by molar-refractivity contribution is -0.121. The Bertz CT molecular complexity index is 667. The molecule has 1 atom stereocenters. The Labute approximate surface area is 145 Å². The molecule has 0 saturated heterocycles. The van der Waals surface area contributed by atoms with Gasteiger partial charge in [0.2, 0.25) is 5.91 Å². The smallest absolute Gasteiger partial charge is 0.220 e. The van der Waals surface area contributed by atoms with Crippen LogP contribution in [0.15, 0.2) is 42.5 Å². The van der Waals surface area contributed by atoms with Gasteiger partial charge in [0, 0.05) is 6.42 Å². The molecule has 1 aliphatic rings. The van der Waals surface area contributed by atoms with Crippen LogP contribution in [-0.2, 0) is 4.79 Å². The van der Waals surface area contributed by atoms with Gasteiger partial charge in [0.05, 0.1) is 6.04 Å². The van der Waals surface area contributed by atoms with Gasteiger partial charge in [0.1, 0.15) is 0 Å². The van der Waals surface area contributed by atoms with Crippen molar-refractivity contribution < 1.29 is 4.79 Å². The Morgan fingerprint density at radius 2 is 1.83 bits per heavy atom. The monoisotopic (exact) mass is 323 g/mol. The SMILES string of the molecule is C[C@H](NC(=O)CCCC1CCCCC1)c1cccc2ccccc12. The van der Waals surface area contributed by atoms with Gasteiger partial charge in [-0.25, -0.2) is 0 Å². The van der Waals surface area contributed by atoms with Crippen LogP contribution in [0.4, 0.5) is 0 Å². The van der Waals surface area contributed by atoms with E-state index in [0.717, 1.165) is 12.3 Å². The van der Waals surface area contributed by atoms with E-state index in [-0.39, 0.29) is 11.9 Å². The van der Waals surface area contributed by atoms with Crippen molar-refractivity contribution in [2.75, 3.05) is 0 Å². The van der Waals surface area contributed by atoms with Gasteiger partial charge in [0.25, 0.3) is 0 Å². The number of benzene rings is 2. The quantitative estimate of drug-likeness (QED) is 0.718. The summed E-state index contributed by atoms with van der Waals surface area (Å²) in [6, 6.07) is 14.7. The molecule has 0 unspecified atom stereocenters. The third-order valence-corrected chi connectivity index (χ3v) is 5.41. The highest BCUT2D eigenvalue weighted by Gasteiger charge is 2.15. The Morgan fingerprint density at radius 3 is 2.67 bits per heavy atom. The third-order valence-electron chi connectivity index (χ3n) is 5.41. The van der Waals surface area contributed by atoms with Crippen LogP contribution < -0.4 is 5.32 Å². The van der Waals surface area contributed by atoms with E-state index in [2.05, 4.69) is 54.7 Å². The van der Waals surface area contributed by atoms with Crippen molar-refractivity contribution >= 4 is 16.7 Å². The van der Waals surface area contributed by atoms with Gasteiger partial charge in [-0.05, 0) is 42.0 Å². The van der Waals surface area contributed by atoms with Gasteiger partial charge in [-0.1, -0.05) is 74.6 Å². The summed E-state index contributed by atoms with van der Waals surface area (Å²) in [4.78, 5) is 12.3. The van der Waals surface area contributed by atoms with Gasteiger partial charge in [0.15, 0.2) is 0 Å². The summed E-state index contributed by atoms with van der Waals surface area (Å²) in [6.07, 6.45) is 9.81. The van der Waals surface area contributed by atoms with Crippen LogP contribution in [0.1, 0.15) is 69.9 Å². The number of fused-ring (bicyclic) bond motifs is 1. The van der Waals surface area contributed by atoms with Crippen LogP contribution in [0.3, 0.4) is 0 Å². The summed E-state index contributed by atoms with van der Waals surface area (Å²) < 4.78 is 0. The molecule has 3 rings (SSSR count). The first-order valence-electron chi connectivity index (χ1n) is 9.51. The molecule has 1 aliphatic carbocycles. The molecule has 1 fully saturated rings. The van der Waals surface area contributed by atoms with E-state index in [0.29, 0.717) is 6.42 Å². The zero-order valence-corrected chi connectivity index (χ0v) is 14.8. The average Bonchev–Trinajstić information content (AvgIpc) is 2.62. The first-order chi connectivity index (χ1) is 11.7. The van der Waals surface area contributed by atoms with Crippen molar-refractivity contribution in [3.8, 4) is 0 Å². The molecule has 2 nitrogen and oxygen atoms in total. The van der Waals surface area contributed by atoms with Crippen molar-refractivity contribution in [1.29, 1.82) is 0 Å². The largest absolute Gasteiger partial charge is 0.350 e. The zero-order chi connectivity index (χ0) is 16.8. The molecule has 1 N–H and O–H groups in total. The molecule has 2 heteroatoms. The van der Waals surface area contributed by atoms with Gasteiger partial charge in [-0.15, -0.1) is 0 Å². The molecule has 2 aromatic rings. The molecule has 0 heterocycles. The van der Waals surface area contributed by atoms with Crippen molar-refractivity contribution in [1.82, 2.24) is 5.32 Å². The summed E-state index contributed by atoms with van der Waals surface area (Å²) in [7, 11) is 0. The van der Waals surface area contributed by atoms with E-state index in [9.17, 15) is 4.79 Å². The van der Waals surface area contributed by atoms with Crippen LogP contribution in [0.5, 0.6) is 0 Å². The molecule has 128 valence electrons. The van der Waals surface area contributed by atoms with Crippen LogP contribution in [0.25, 0.3) is 10.8 Å². The van der Waals surface area contributed by atoms with Crippen molar-refractivity contribution in [2.45, 2.75) is 64.3 Å². The minimum absolute atomic E-state index is 0.0540.